The van der Waals surface area contributed by atoms with Gasteiger partial charge >= 0.3 is 0 Å². The van der Waals surface area contributed by atoms with Gasteiger partial charge in [0.1, 0.15) is 11.8 Å². The second kappa shape index (κ2) is 9.47. The van der Waals surface area contributed by atoms with Gasteiger partial charge < -0.3 is 21.5 Å². The van der Waals surface area contributed by atoms with Crippen molar-refractivity contribution in [2.24, 2.45) is 10.7 Å². The quantitative estimate of drug-likeness (QED) is 0.304. The maximum atomic E-state index is 12.8. The number of aliphatic imine (C=N–C) groups is 1. The number of methoxy groups -OCH3 is 1. The second-order valence-corrected chi connectivity index (χ2v) is 7.88. The Morgan fingerprint density at radius 3 is 2.71 bits per heavy atom. The number of rotatable bonds is 5. The number of nitrogens with zero attached hydrogens (tertiary/aromatic N) is 3. The Bertz CT molecular complexity index is 1200. The fraction of sp³-hybridized carbons (Fsp3) is 0.143. The van der Waals surface area contributed by atoms with Gasteiger partial charge in [-0.2, -0.15) is 14.6 Å². The van der Waals surface area contributed by atoms with Gasteiger partial charge in [-0.05, 0) is 60.4 Å². The fourth-order valence-electron chi connectivity index (χ4n) is 2.84. The Hall–Kier alpha value is -3.61. The molecule has 0 fully saturated rings. The Kier molecular flexibility index (Phi) is 6.74. The standard InChI is InChI=1S/C21H19ClN6O2S/c1-11-17(19(28-31-11)13-3-5-15(30-2)6-4-13)20(29)27-21(25)26-10-12-7-14(9-23)18(24)16(22)8-12/h3-8H,10,24H2,1-2H3,(H3,25,26,27,29). The monoisotopic (exact) mass is 454 g/mol. The number of amides is 1. The molecular formula is C21H19ClN6O2S. The van der Waals surface area contributed by atoms with Crippen LogP contribution in [-0.2, 0) is 6.54 Å². The van der Waals surface area contributed by atoms with Crippen LogP contribution in [0.5, 0.6) is 5.75 Å². The molecule has 0 unspecified atom stereocenters. The van der Waals surface area contributed by atoms with E-state index in [1.807, 2.05) is 18.2 Å². The molecule has 0 radical (unpaired) electrons. The Morgan fingerprint density at radius 2 is 2.06 bits per heavy atom. The van der Waals surface area contributed by atoms with E-state index in [2.05, 4.69) is 14.7 Å². The molecule has 0 saturated carbocycles. The topological polar surface area (TPSA) is 139 Å². The number of nitrogens with one attached hydrogen (secondary N) is 1. The smallest absolute Gasteiger partial charge is 0.283 e. The molecule has 31 heavy (non-hydrogen) atoms. The van der Waals surface area contributed by atoms with E-state index in [0.29, 0.717) is 22.6 Å². The van der Waals surface area contributed by atoms with Crippen LogP contribution in [0.2, 0.25) is 5.02 Å². The first kappa shape index (κ1) is 22.1. The van der Waals surface area contributed by atoms with Crippen LogP contribution in [0.25, 0.3) is 11.3 Å². The summed E-state index contributed by atoms with van der Waals surface area (Å²) in [5, 5.41) is 12.2. The minimum atomic E-state index is -0.505. The first-order valence-electron chi connectivity index (χ1n) is 9.05. The lowest BCUT2D eigenvalue weighted by Gasteiger charge is -2.08. The molecular weight excluding hydrogens is 436 g/mol. The van der Waals surface area contributed by atoms with Crippen molar-refractivity contribution < 1.29 is 9.53 Å². The normalized spacial score (nSPS) is 11.1. The lowest BCUT2D eigenvalue weighted by molar-refractivity contribution is 0.100. The Balaban J connectivity index is 1.79. The number of halogens is 1. The van der Waals surface area contributed by atoms with E-state index in [-0.39, 0.29) is 28.8 Å². The van der Waals surface area contributed by atoms with Gasteiger partial charge in [-0.15, -0.1) is 0 Å². The Morgan fingerprint density at radius 1 is 1.35 bits per heavy atom. The molecule has 8 nitrogen and oxygen atoms in total. The molecule has 0 atom stereocenters. The zero-order valence-corrected chi connectivity index (χ0v) is 18.3. The van der Waals surface area contributed by atoms with E-state index in [4.69, 9.17) is 33.1 Å². The number of nitrogen functional groups attached to an aromatic ring is 1. The summed E-state index contributed by atoms with van der Waals surface area (Å²) in [6, 6.07) is 12.4. The third-order valence-electron chi connectivity index (χ3n) is 4.45. The van der Waals surface area contributed by atoms with Crippen molar-refractivity contribution in [3.05, 3.63) is 63.0 Å². The number of ether oxygens (including phenoxy) is 1. The number of benzene rings is 2. The summed E-state index contributed by atoms with van der Waals surface area (Å²) in [6.07, 6.45) is 0. The van der Waals surface area contributed by atoms with Crippen LogP contribution < -0.4 is 21.5 Å². The number of guanidine groups is 1. The molecule has 0 saturated heterocycles. The van der Waals surface area contributed by atoms with E-state index < -0.39 is 5.91 Å². The van der Waals surface area contributed by atoms with Gasteiger partial charge in [-0.1, -0.05) is 11.6 Å². The summed E-state index contributed by atoms with van der Waals surface area (Å²) in [5.74, 6) is 0.134. The van der Waals surface area contributed by atoms with E-state index >= 15 is 0 Å². The molecule has 0 bridgehead atoms. The maximum Gasteiger partial charge on any atom is 0.283 e. The van der Waals surface area contributed by atoms with E-state index in [9.17, 15) is 4.79 Å². The van der Waals surface area contributed by atoms with Crippen LogP contribution in [0.1, 0.15) is 26.4 Å². The van der Waals surface area contributed by atoms with Gasteiger partial charge in [0.2, 0.25) is 0 Å². The van der Waals surface area contributed by atoms with Crippen LogP contribution >= 0.6 is 23.1 Å². The third-order valence-corrected chi connectivity index (χ3v) is 5.51. The van der Waals surface area contributed by atoms with Crippen LogP contribution in [0.15, 0.2) is 41.4 Å². The first-order valence-corrected chi connectivity index (χ1v) is 10.2. The SMILES string of the molecule is COc1ccc(-c2nsc(C)c2C(=O)N=C(N)NCc2cc(Cl)c(N)c(C#N)c2)cc1. The average Bonchev–Trinajstić information content (AvgIpc) is 3.16. The van der Waals surface area contributed by atoms with Gasteiger partial charge in [-0.25, -0.2) is 0 Å². The zero-order chi connectivity index (χ0) is 22.5. The van der Waals surface area contributed by atoms with Crippen molar-refractivity contribution in [1.82, 2.24) is 9.69 Å². The summed E-state index contributed by atoms with van der Waals surface area (Å²) in [5.41, 5.74) is 14.5. The molecule has 1 heterocycles. The highest BCUT2D eigenvalue weighted by molar-refractivity contribution is 7.06. The van der Waals surface area contributed by atoms with E-state index in [1.165, 1.54) is 11.5 Å². The van der Waals surface area contributed by atoms with Crippen molar-refractivity contribution in [2.45, 2.75) is 13.5 Å². The number of hydrogen-bond acceptors (Lipinski definition) is 6. The summed E-state index contributed by atoms with van der Waals surface area (Å²) in [7, 11) is 1.58. The maximum absolute atomic E-state index is 12.8. The third kappa shape index (κ3) is 4.94. The number of nitrogens with two attached hydrogens (primary N) is 2. The highest BCUT2D eigenvalue weighted by Gasteiger charge is 2.20. The Labute approximate surface area is 188 Å². The molecule has 5 N–H and O–H groups in total. The number of aryl methyl sites for hydroxylation is 1. The lowest BCUT2D eigenvalue weighted by Crippen LogP contribution is -2.32. The zero-order valence-electron chi connectivity index (χ0n) is 16.8. The van der Waals surface area contributed by atoms with Crippen molar-refractivity contribution >= 4 is 40.7 Å². The number of carbonyl (C=O) groups excluding carboxylic acids is 1. The van der Waals surface area contributed by atoms with E-state index in [1.54, 1.807) is 38.3 Å². The van der Waals surface area contributed by atoms with Crippen molar-refractivity contribution in [3.63, 3.8) is 0 Å². The van der Waals surface area contributed by atoms with Crippen molar-refractivity contribution in [2.75, 3.05) is 12.8 Å². The van der Waals surface area contributed by atoms with Gasteiger partial charge in [0.25, 0.3) is 5.91 Å². The van der Waals surface area contributed by atoms with Crippen molar-refractivity contribution in [1.29, 1.82) is 5.26 Å². The number of anilines is 1. The highest BCUT2D eigenvalue weighted by atomic mass is 35.5. The number of aromatic nitrogens is 1. The van der Waals surface area contributed by atoms with E-state index in [0.717, 1.165) is 10.4 Å². The predicted molar refractivity (Wildman–Crippen MR) is 122 cm³/mol. The first-order chi connectivity index (χ1) is 14.8. The van der Waals surface area contributed by atoms with Gasteiger partial charge in [0, 0.05) is 17.0 Å². The van der Waals surface area contributed by atoms with Crippen molar-refractivity contribution in [3.8, 4) is 23.1 Å². The van der Waals surface area contributed by atoms with Crippen LogP contribution in [0.4, 0.5) is 5.69 Å². The molecule has 3 rings (SSSR count). The van der Waals surface area contributed by atoms with Gasteiger partial charge in [0.15, 0.2) is 5.96 Å². The second-order valence-electron chi connectivity index (χ2n) is 6.50. The largest absolute Gasteiger partial charge is 0.497 e. The molecule has 3 aromatic rings. The number of hydrogen-bond donors (Lipinski definition) is 3. The highest BCUT2D eigenvalue weighted by Crippen LogP contribution is 2.30. The van der Waals surface area contributed by atoms with Gasteiger partial charge in [-0.3, -0.25) is 4.79 Å². The molecule has 2 aromatic carbocycles. The van der Waals surface area contributed by atoms with Crippen LogP contribution in [0.3, 0.4) is 0 Å². The summed E-state index contributed by atoms with van der Waals surface area (Å²) >= 11 is 7.26. The minimum absolute atomic E-state index is 0.0669. The summed E-state index contributed by atoms with van der Waals surface area (Å²) < 4.78 is 9.56. The minimum Gasteiger partial charge on any atom is -0.497 e. The fourth-order valence-corrected chi connectivity index (χ4v) is 3.78. The number of nitriles is 1. The number of carbonyl (C=O) groups is 1. The predicted octanol–water partition coefficient (Wildman–Crippen LogP) is 3.48. The van der Waals surface area contributed by atoms with Crippen LogP contribution in [-0.4, -0.2) is 23.4 Å². The lowest BCUT2D eigenvalue weighted by atomic mass is 10.1. The van der Waals surface area contributed by atoms with Crippen LogP contribution in [0, 0.1) is 18.3 Å². The molecule has 1 amide bonds. The summed E-state index contributed by atoms with van der Waals surface area (Å²) in [6.45, 7) is 2.01. The molecule has 0 spiro atoms. The summed E-state index contributed by atoms with van der Waals surface area (Å²) in [4.78, 5) is 17.5. The molecule has 158 valence electrons. The van der Waals surface area contributed by atoms with Gasteiger partial charge in [0.05, 0.1) is 34.6 Å². The molecule has 0 aliphatic heterocycles. The molecule has 0 aliphatic carbocycles. The molecule has 0 aliphatic rings. The molecule has 10 heteroatoms. The average molecular weight is 455 g/mol. The molecule has 1 aromatic heterocycles.